The molecule has 0 spiro atoms. The molecule has 0 atom stereocenters. The molecule has 8 nitrogen and oxygen atoms in total. The molecule has 2 aromatic heterocycles. The minimum absolute atomic E-state index is 0.0753. The molecule has 1 aliphatic rings. The summed E-state index contributed by atoms with van der Waals surface area (Å²) in [5.74, 6) is 1.85. The second-order valence-electron chi connectivity index (χ2n) is 6.55. The lowest BCUT2D eigenvalue weighted by Gasteiger charge is -2.14. The van der Waals surface area contributed by atoms with Crippen LogP contribution in [0.2, 0.25) is 0 Å². The van der Waals surface area contributed by atoms with Gasteiger partial charge in [0.05, 0.1) is 26.0 Å². The van der Waals surface area contributed by atoms with E-state index in [0.717, 1.165) is 42.9 Å². The Morgan fingerprint density at radius 1 is 1.25 bits per heavy atom. The summed E-state index contributed by atoms with van der Waals surface area (Å²) in [5.41, 5.74) is 1.98. The summed E-state index contributed by atoms with van der Waals surface area (Å²) in [5, 5.41) is 7.24. The van der Waals surface area contributed by atoms with Gasteiger partial charge in [-0.05, 0) is 25.0 Å². The van der Waals surface area contributed by atoms with Crippen LogP contribution in [0.3, 0.4) is 0 Å². The van der Waals surface area contributed by atoms with E-state index in [-0.39, 0.29) is 5.91 Å². The summed E-state index contributed by atoms with van der Waals surface area (Å²) in [7, 11) is 1.63. The summed E-state index contributed by atoms with van der Waals surface area (Å²) in [4.78, 5) is 22.8. The van der Waals surface area contributed by atoms with E-state index in [4.69, 9.17) is 9.26 Å². The number of carbonyl (C=O) groups is 1. The topological polar surface area (TPSA) is 93.4 Å². The number of benzene rings is 1. The maximum absolute atomic E-state index is 12.4. The molecule has 1 aliphatic heterocycles. The smallest absolute Gasteiger partial charge is 0.274 e. The molecule has 3 aromatic rings. The molecule has 1 fully saturated rings. The summed E-state index contributed by atoms with van der Waals surface area (Å²) < 4.78 is 10.6. The van der Waals surface area contributed by atoms with Crippen LogP contribution in [-0.2, 0) is 6.54 Å². The van der Waals surface area contributed by atoms with Crippen LogP contribution in [0.4, 0.5) is 5.82 Å². The van der Waals surface area contributed by atoms with E-state index in [1.807, 2.05) is 35.2 Å². The van der Waals surface area contributed by atoms with E-state index in [1.165, 1.54) is 6.20 Å². The van der Waals surface area contributed by atoms with Crippen molar-refractivity contribution in [3.05, 3.63) is 54.2 Å². The number of ether oxygens (including phenoxy) is 1. The van der Waals surface area contributed by atoms with E-state index >= 15 is 0 Å². The molecule has 28 heavy (non-hydrogen) atoms. The Balaban J connectivity index is 1.41. The lowest BCUT2D eigenvalue weighted by molar-refractivity contribution is 0.0786. The van der Waals surface area contributed by atoms with Gasteiger partial charge < -0.3 is 19.5 Å². The van der Waals surface area contributed by atoms with Gasteiger partial charge in [-0.2, -0.15) is 0 Å². The fraction of sp³-hybridized carbons (Fsp3) is 0.300. The number of anilines is 1. The summed E-state index contributed by atoms with van der Waals surface area (Å²) in [6, 6.07) is 9.47. The van der Waals surface area contributed by atoms with E-state index in [1.54, 1.807) is 13.3 Å². The first-order valence-corrected chi connectivity index (χ1v) is 9.18. The number of methoxy groups -OCH3 is 1. The number of aromatic nitrogens is 3. The highest BCUT2D eigenvalue weighted by molar-refractivity contribution is 5.92. The van der Waals surface area contributed by atoms with Crippen molar-refractivity contribution in [2.24, 2.45) is 0 Å². The van der Waals surface area contributed by atoms with Gasteiger partial charge >= 0.3 is 0 Å². The quantitative estimate of drug-likeness (QED) is 0.704. The Morgan fingerprint density at radius 2 is 2.11 bits per heavy atom. The molecule has 1 N–H and O–H groups in total. The Bertz CT molecular complexity index is 966. The zero-order chi connectivity index (χ0) is 19.3. The number of amides is 1. The van der Waals surface area contributed by atoms with Crippen LogP contribution in [-0.4, -0.2) is 46.1 Å². The van der Waals surface area contributed by atoms with E-state index in [0.29, 0.717) is 23.8 Å². The molecular weight excluding hydrogens is 358 g/mol. The van der Waals surface area contributed by atoms with Crippen LogP contribution in [0.15, 0.2) is 47.2 Å². The van der Waals surface area contributed by atoms with Gasteiger partial charge in [0.15, 0.2) is 5.76 Å². The van der Waals surface area contributed by atoms with Crippen molar-refractivity contribution in [1.82, 2.24) is 20.0 Å². The number of nitrogens with zero attached hydrogens (tertiary/aromatic N) is 4. The van der Waals surface area contributed by atoms with Crippen LogP contribution in [0, 0.1) is 0 Å². The normalized spacial score (nSPS) is 13.5. The third-order valence-corrected chi connectivity index (χ3v) is 4.62. The molecule has 3 heterocycles. The number of rotatable bonds is 6. The average Bonchev–Trinajstić information content (AvgIpc) is 3.44. The van der Waals surface area contributed by atoms with E-state index in [2.05, 4.69) is 20.4 Å². The molecule has 1 saturated heterocycles. The van der Waals surface area contributed by atoms with Crippen LogP contribution < -0.4 is 10.1 Å². The van der Waals surface area contributed by atoms with Crippen molar-refractivity contribution in [1.29, 1.82) is 0 Å². The fourth-order valence-electron chi connectivity index (χ4n) is 3.13. The molecule has 0 radical (unpaired) electrons. The summed E-state index contributed by atoms with van der Waals surface area (Å²) in [6.07, 6.45) is 5.16. The molecule has 144 valence electrons. The minimum atomic E-state index is -0.0753. The molecular formula is C20H21N5O3. The Hall–Kier alpha value is -3.42. The van der Waals surface area contributed by atoms with Gasteiger partial charge in [0.2, 0.25) is 0 Å². The number of hydrogen-bond donors (Lipinski definition) is 1. The zero-order valence-corrected chi connectivity index (χ0v) is 15.6. The molecule has 0 saturated carbocycles. The molecule has 0 unspecified atom stereocenters. The first-order valence-electron chi connectivity index (χ1n) is 9.18. The predicted molar refractivity (Wildman–Crippen MR) is 103 cm³/mol. The van der Waals surface area contributed by atoms with Gasteiger partial charge in [-0.25, -0.2) is 4.98 Å². The zero-order valence-electron chi connectivity index (χ0n) is 15.6. The van der Waals surface area contributed by atoms with Crippen molar-refractivity contribution in [3.8, 4) is 17.0 Å². The highest BCUT2D eigenvalue weighted by Gasteiger charge is 2.21. The van der Waals surface area contributed by atoms with Gasteiger partial charge in [0.25, 0.3) is 5.91 Å². The Morgan fingerprint density at radius 3 is 2.93 bits per heavy atom. The highest BCUT2D eigenvalue weighted by atomic mass is 16.5. The highest BCUT2D eigenvalue weighted by Crippen LogP contribution is 2.23. The standard InChI is InChI=1S/C20H21N5O3/c1-27-15-6-4-5-14(9-15)17-10-16(28-24-17)11-22-19-13-21-12-18(23-19)20(26)25-7-2-3-8-25/h4-6,9-10,12-13H,2-3,7-8,11H2,1H3,(H,22,23). The largest absolute Gasteiger partial charge is 0.497 e. The number of likely N-dealkylation sites (tertiary alicyclic amines) is 1. The molecule has 8 heteroatoms. The number of nitrogens with one attached hydrogen (secondary N) is 1. The maximum Gasteiger partial charge on any atom is 0.274 e. The monoisotopic (exact) mass is 379 g/mol. The van der Waals surface area contributed by atoms with Crippen molar-refractivity contribution < 1.29 is 14.1 Å². The maximum atomic E-state index is 12.4. The van der Waals surface area contributed by atoms with E-state index < -0.39 is 0 Å². The molecule has 1 aromatic carbocycles. The second-order valence-corrected chi connectivity index (χ2v) is 6.55. The van der Waals surface area contributed by atoms with Crippen molar-refractivity contribution in [3.63, 3.8) is 0 Å². The van der Waals surface area contributed by atoms with E-state index in [9.17, 15) is 4.79 Å². The van der Waals surface area contributed by atoms with Crippen LogP contribution >= 0.6 is 0 Å². The Kier molecular flexibility index (Phi) is 5.18. The third-order valence-electron chi connectivity index (χ3n) is 4.62. The van der Waals surface area contributed by atoms with Crippen LogP contribution in [0.1, 0.15) is 29.1 Å². The van der Waals surface area contributed by atoms with Crippen molar-refractivity contribution >= 4 is 11.7 Å². The van der Waals surface area contributed by atoms with Gasteiger partial charge in [0.1, 0.15) is 23.0 Å². The summed E-state index contributed by atoms with van der Waals surface area (Å²) >= 11 is 0. The average molecular weight is 379 g/mol. The van der Waals surface area contributed by atoms with Crippen molar-refractivity contribution in [2.75, 3.05) is 25.5 Å². The number of hydrogen-bond acceptors (Lipinski definition) is 7. The first kappa shape index (κ1) is 18.0. The predicted octanol–water partition coefficient (Wildman–Crippen LogP) is 2.99. The van der Waals surface area contributed by atoms with Crippen LogP contribution in [0.5, 0.6) is 5.75 Å². The lowest BCUT2D eigenvalue weighted by atomic mass is 10.1. The second kappa shape index (κ2) is 8.08. The first-order chi connectivity index (χ1) is 13.7. The van der Waals surface area contributed by atoms with Crippen molar-refractivity contribution in [2.45, 2.75) is 19.4 Å². The molecule has 1 amide bonds. The number of carbonyl (C=O) groups excluding carboxylic acids is 1. The van der Waals surface area contributed by atoms with Gasteiger partial charge in [-0.1, -0.05) is 17.3 Å². The summed E-state index contributed by atoms with van der Waals surface area (Å²) in [6.45, 7) is 1.94. The third kappa shape index (κ3) is 3.95. The van der Waals surface area contributed by atoms with Crippen LogP contribution in [0.25, 0.3) is 11.3 Å². The lowest BCUT2D eigenvalue weighted by Crippen LogP contribution is -2.28. The van der Waals surface area contributed by atoms with Gasteiger partial charge in [-0.3, -0.25) is 9.78 Å². The molecule has 0 bridgehead atoms. The van der Waals surface area contributed by atoms with Gasteiger partial charge in [-0.15, -0.1) is 0 Å². The fourth-order valence-corrected chi connectivity index (χ4v) is 3.13. The Labute approximate surface area is 162 Å². The SMILES string of the molecule is COc1cccc(-c2cc(CNc3cncc(C(=O)N4CCCC4)n3)on2)c1. The van der Waals surface area contributed by atoms with Gasteiger partial charge in [0, 0.05) is 24.7 Å². The minimum Gasteiger partial charge on any atom is -0.497 e. The molecule has 4 rings (SSSR count). The molecule has 0 aliphatic carbocycles.